The Hall–Kier alpha value is -1.35. The number of aryl methyl sites for hydroxylation is 2. The van der Waals surface area contributed by atoms with Gasteiger partial charge in [-0.3, -0.25) is 4.90 Å². The highest BCUT2D eigenvalue weighted by molar-refractivity contribution is 5.55. The summed E-state index contributed by atoms with van der Waals surface area (Å²) < 4.78 is 0. The van der Waals surface area contributed by atoms with E-state index in [4.69, 9.17) is 0 Å². The molecule has 0 unspecified atom stereocenters. The predicted octanol–water partition coefficient (Wildman–Crippen LogP) is 2.87. The van der Waals surface area contributed by atoms with Gasteiger partial charge in [-0.05, 0) is 38.1 Å². The zero-order valence-electron chi connectivity index (χ0n) is 12.3. The molecule has 0 amide bonds. The van der Waals surface area contributed by atoms with E-state index < -0.39 is 0 Å². The predicted molar refractivity (Wildman–Crippen MR) is 79.3 cm³/mol. The molecule has 0 aliphatic rings. The van der Waals surface area contributed by atoms with Gasteiger partial charge in [0.2, 0.25) is 0 Å². The van der Waals surface area contributed by atoms with E-state index in [1.54, 1.807) is 0 Å². The van der Waals surface area contributed by atoms with Crippen LogP contribution in [-0.2, 0) is 4.79 Å². The largest absolute Gasteiger partial charge is 0.388 e. The highest BCUT2D eigenvalue weighted by Gasteiger charge is 1.96. The number of nitrogens with one attached hydrogen (secondary N) is 1. The van der Waals surface area contributed by atoms with Gasteiger partial charge in [0.25, 0.3) is 0 Å². The minimum absolute atomic E-state index is 0.576. The summed E-state index contributed by atoms with van der Waals surface area (Å²) in [6.45, 7) is 10.8. The lowest BCUT2D eigenvalue weighted by Crippen LogP contribution is -2.24. The summed E-state index contributed by atoms with van der Waals surface area (Å²) in [7, 11) is 1.95. The number of hydrogen-bond donors (Lipinski definition) is 1. The second-order valence-electron chi connectivity index (χ2n) is 4.17. The number of para-hydroxylation sites is 1. The van der Waals surface area contributed by atoms with Gasteiger partial charge in [-0.2, -0.15) is 0 Å². The molecule has 0 aromatic heterocycles. The number of rotatable bonds is 5. The Morgan fingerprint density at radius 3 is 1.89 bits per heavy atom. The van der Waals surface area contributed by atoms with Crippen LogP contribution in [0.15, 0.2) is 18.2 Å². The molecule has 0 atom stereocenters. The third kappa shape index (κ3) is 5.82. The number of anilines is 1. The molecule has 0 heterocycles. The van der Waals surface area contributed by atoms with E-state index in [0.29, 0.717) is 6.54 Å². The third-order valence-corrected chi connectivity index (χ3v) is 2.96. The molecule has 1 aromatic carbocycles. The minimum Gasteiger partial charge on any atom is -0.388 e. The quantitative estimate of drug-likeness (QED) is 0.816. The van der Waals surface area contributed by atoms with Gasteiger partial charge in [0.05, 0.1) is 6.54 Å². The van der Waals surface area contributed by atoms with Crippen LogP contribution >= 0.6 is 0 Å². The summed E-state index contributed by atoms with van der Waals surface area (Å²) in [6, 6.07) is 6.29. The highest BCUT2D eigenvalue weighted by atomic mass is 16.1. The van der Waals surface area contributed by atoms with Crippen LogP contribution in [0.4, 0.5) is 5.69 Å². The van der Waals surface area contributed by atoms with Crippen molar-refractivity contribution in [3.05, 3.63) is 29.3 Å². The van der Waals surface area contributed by atoms with E-state index in [9.17, 15) is 4.79 Å². The Kier molecular flexibility index (Phi) is 8.93. The standard InChI is InChI=1S/C9H13N.C6H13NO/c1-7-5-4-6-8(2)9(7)10-3;1-3-7(4-2)5-6-8/h4-6,10H,1-3H3;6H,3-5H2,1-2H3. The monoisotopic (exact) mass is 250 g/mol. The molecule has 0 spiro atoms. The van der Waals surface area contributed by atoms with Crippen molar-refractivity contribution >= 4 is 12.0 Å². The molecule has 102 valence electrons. The van der Waals surface area contributed by atoms with Gasteiger partial charge >= 0.3 is 0 Å². The number of carbonyl (C=O) groups excluding carboxylic acids is 1. The van der Waals surface area contributed by atoms with E-state index in [-0.39, 0.29) is 0 Å². The van der Waals surface area contributed by atoms with Crippen molar-refractivity contribution in [3.8, 4) is 0 Å². The molecule has 0 fully saturated rings. The number of likely N-dealkylation sites (N-methyl/N-ethyl adjacent to an activating group) is 1. The van der Waals surface area contributed by atoms with Gasteiger partial charge < -0.3 is 10.1 Å². The molecule has 1 rings (SSSR count). The van der Waals surface area contributed by atoms with Crippen molar-refractivity contribution in [2.75, 3.05) is 32.0 Å². The lowest BCUT2D eigenvalue weighted by atomic mass is 10.1. The Bertz CT molecular complexity index is 326. The highest BCUT2D eigenvalue weighted by Crippen LogP contribution is 2.17. The van der Waals surface area contributed by atoms with E-state index in [0.717, 1.165) is 19.4 Å². The summed E-state index contributed by atoms with van der Waals surface area (Å²) in [4.78, 5) is 12.0. The van der Waals surface area contributed by atoms with Crippen LogP contribution in [0, 0.1) is 13.8 Å². The Balaban J connectivity index is 0.000000331. The Morgan fingerprint density at radius 1 is 1.17 bits per heavy atom. The Labute approximate surface area is 111 Å². The van der Waals surface area contributed by atoms with Gasteiger partial charge in [0.15, 0.2) is 0 Å². The molecule has 1 aromatic rings. The van der Waals surface area contributed by atoms with E-state index in [1.807, 2.05) is 20.9 Å². The molecular formula is C15H26N2O. The van der Waals surface area contributed by atoms with Crippen LogP contribution in [0.1, 0.15) is 25.0 Å². The SMILES string of the molecule is CCN(CC)CC=O.CNc1c(C)cccc1C. The first-order valence-corrected chi connectivity index (χ1v) is 6.50. The normalized spacial score (nSPS) is 9.67. The van der Waals surface area contributed by atoms with Crippen molar-refractivity contribution in [1.82, 2.24) is 4.90 Å². The number of aldehydes is 1. The number of carbonyl (C=O) groups is 1. The molecule has 0 aliphatic carbocycles. The molecular weight excluding hydrogens is 224 g/mol. The van der Waals surface area contributed by atoms with Crippen LogP contribution < -0.4 is 5.32 Å². The maximum absolute atomic E-state index is 9.89. The van der Waals surface area contributed by atoms with Gasteiger partial charge in [0, 0.05) is 12.7 Å². The fourth-order valence-electron chi connectivity index (χ4n) is 1.80. The molecule has 0 bridgehead atoms. The van der Waals surface area contributed by atoms with Gasteiger partial charge in [0.1, 0.15) is 6.29 Å². The minimum atomic E-state index is 0.576. The summed E-state index contributed by atoms with van der Waals surface area (Å²) in [5.41, 5.74) is 3.87. The zero-order valence-corrected chi connectivity index (χ0v) is 12.3. The first kappa shape index (κ1) is 16.6. The fraction of sp³-hybridized carbons (Fsp3) is 0.533. The van der Waals surface area contributed by atoms with Gasteiger partial charge in [-0.1, -0.05) is 32.0 Å². The summed E-state index contributed by atoms with van der Waals surface area (Å²) in [5, 5.41) is 3.16. The van der Waals surface area contributed by atoms with Crippen molar-refractivity contribution in [2.45, 2.75) is 27.7 Å². The molecule has 18 heavy (non-hydrogen) atoms. The average Bonchev–Trinajstić information content (AvgIpc) is 2.37. The second kappa shape index (κ2) is 9.66. The van der Waals surface area contributed by atoms with E-state index in [1.165, 1.54) is 16.8 Å². The molecule has 0 saturated heterocycles. The molecule has 3 heteroatoms. The molecule has 0 aliphatic heterocycles. The zero-order chi connectivity index (χ0) is 14.0. The van der Waals surface area contributed by atoms with Crippen molar-refractivity contribution in [2.24, 2.45) is 0 Å². The third-order valence-electron chi connectivity index (χ3n) is 2.96. The molecule has 0 saturated carbocycles. The first-order valence-electron chi connectivity index (χ1n) is 6.50. The van der Waals surface area contributed by atoms with Crippen LogP contribution in [0.2, 0.25) is 0 Å². The lowest BCUT2D eigenvalue weighted by Gasteiger charge is -2.12. The smallest absolute Gasteiger partial charge is 0.133 e. The summed E-state index contributed by atoms with van der Waals surface area (Å²) >= 11 is 0. The van der Waals surface area contributed by atoms with Crippen molar-refractivity contribution in [3.63, 3.8) is 0 Å². The fourth-order valence-corrected chi connectivity index (χ4v) is 1.80. The number of benzene rings is 1. The van der Waals surface area contributed by atoms with Crippen LogP contribution in [0.25, 0.3) is 0 Å². The molecule has 3 nitrogen and oxygen atoms in total. The van der Waals surface area contributed by atoms with Crippen molar-refractivity contribution < 1.29 is 4.79 Å². The van der Waals surface area contributed by atoms with Gasteiger partial charge in [-0.25, -0.2) is 0 Å². The van der Waals surface area contributed by atoms with Gasteiger partial charge in [-0.15, -0.1) is 0 Å². The van der Waals surface area contributed by atoms with Crippen molar-refractivity contribution in [1.29, 1.82) is 0 Å². The molecule has 0 radical (unpaired) electrons. The average molecular weight is 250 g/mol. The lowest BCUT2D eigenvalue weighted by molar-refractivity contribution is -0.108. The number of nitrogens with zero attached hydrogens (tertiary/aromatic N) is 1. The molecule has 1 N–H and O–H groups in total. The summed E-state index contributed by atoms with van der Waals surface area (Å²) in [5.74, 6) is 0. The topological polar surface area (TPSA) is 32.3 Å². The summed E-state index contributed by atoms with van der Waals surface area (Å²) in [6.07, 6.45) is 0.938. The van der Waals surface area contributed by atoms with Crippen LogP contribution in [0.5, 0.6) is 0 Å². The van der Waals surface area contributed by atoms with Crippen LogP contribution in [-0.4, -0.2) is 37.9 Å². The number of hydrogen-bond acceptors (Lipinski definition) is 3. The first-order chi connectivity index (χ1) is 8.60. The maximum Gasteiger partial charge on any atom is 0.133 e. The Morgan fingerprint density at radius 2 is 1.67 bits per heavy atom. The maximum atomic E-state index is 9.89. The van der Waals surface area contributed by atoms with E-state index in [2.05, 4.69) is 42.3 Å². The second-order valence-corrected chi connectivity index (χ2v) is 4.17. The van der Waals surface area contributed by atoms with E-state index >= 15 is 0 Å². The van der Waals surface area contributed by atoms with Crippen LogP contribution in [0.3, 0.4) is 0 Å².